The van der Waals surface area contributed by atoms with Crippen LogP contribution in [0.15, 0.2) is 100.0 Å². The first kappa shape index (κ1) is 25.7. The van der Waals surface area contributed by atoms with Crippen LogP contribution in [0.5, 0.6) is 0 Å². The van der Waals surface area contributed by atoms with Crippen LogP contribution in [0.1, 0.15) is 11.1 Å². The molecule has 0 spiro atoms. The van der Waals surface area contributed by atoms with E-state index in [9.17, 15) is 0 Å². The maximum Gasteiger partial charge on any atom is 0.239 e. The number of nitrogens with one attached hydrogen (secondary N) is 1. The molecule has 10 heteroatoms. The second-order valence-corrected chi connectivity index (χ2v) is 9.02. The van der Waals surface area contributed by atoms with Crippen molar-refractivity contribution in [2.75, 3.05) is 13.2 Å². The SMILES string of the molecule is Clc1ccc(C2=NC=C[NH+]2CCOCc2ccc(Sc3ccccc3)cc2)c(Cl)c1.O=[N+]([O-])[O-]. The lowest BCUT2D eigenvalue weighted by Crippen LogP contribution is -3.10. The van der Waals surface area contributed by atoms with Gasteiger partial charge in [0.2, 0.25) is 5.84 Å². The van der Waals surface area contributed by atoms with E-state index in [1.807, 2.05) is 24.4 Å². The Balaban J connectivity index is 0.000000751. The second kappa shape index (κ2) is 13.1. The molecule has 176 valence electrons. The molecule has 7 nitrogen and oxygen atoms in total. The third kappa shape index (κ3) is 8.16. The van der Waals surface area contributed by atoms with Gasteiger partial charge in [-0.05, 0) is 48.0 Å². The van der Waals surface area contributed by atoms with Crippen LogP contribution in [0.25, 0.3) is 0 Å². The topological polar surface area (TPSA) is 92.2 Å². The van der Waals surface area contributed by atoms with Gasteiger partial charge in [-0.15, -0.1) is 0 Å². The zero-order chi connectivity index (χ0) is 24.3. The first-order chi connectivity index (χ1) is 16.4. The van der Waals surface area contributed by atoms with Crippen molar-refractivity contribution in [3.63, 3.8) is 0 Å². The monoisotopic (exact) mass is 517 g/mol. The molecular formula is C24H21Cl2N3O4S. The van der Waals surface area contributed by atoms with E-state index in [2.05, 4.69) is 53.5 Å². The van der Waals surface area contributed by atoms with Gasteiger partial charge < -0.3 is 20.1 Å². The number of hydrogen-bond donors (Lipinski definition) is 1. The lowest BCUT2D eigenvalue weighted by molar-refractivity contribution is -0.744. The number of ether oxygens (including phenoxy) is 1. The van der Waals surface area contributed by atoms with Gasteiger partial charge in [-0.25, -0.2) is 0 Å². The van der Waals surface area contributed by atoms with E-state index in [0.29, 0.717) is 23.3 Å². The molecule has 0 aliphatic carbocycles. The molecule has 1 atom stereocenters. The Morgan fingerprint density at radius 3 is 2.32 bits per heavy atom. The standard InChI is InChI=1S/C24H20Cl2N2OS.NO3/c25-19-8-11-22(23(26)16-19)24-27-12-13-28(24)14-15-29-17-18-6-9-21(10-7-18)30-20-4-2-1-3-5-20;2-1(3)4/h1-13,16H,14-15,17H2;/q;-1/p+1. The number of benzene rings is 3. The Kier molecular flexibility index (Phi) is 9.93. The molecule has 3 aromatic carbocycles. The van der Waals surface area contributed by atoms with Gasteiger partial charge in [0.15, 0.2) is 0 Å². The average Bonchev–Trinajstić information content (AvgIpc) is 3.26. The molecular weight excluding hydrogens is 497 g/mol. The normalized spacial score (nSPS) is 14.3. The largest absolute Gasteiger partial charge is 0.371 e. The van der Waals surface area contributed by atoms with Crippen LogP contribution in [-0.2, 0) is 11.3 Å². The quantitative estimate of drug-likeness (QED) is 0.250. The highest BCUT2D eigenvalue weighted by molar-refractivity contribution is 7.99. The lowest BCUT2D eigenvalue weighted by Gasteiger charge is -2.14. The second-order valence-electron chi connectivity index (χ2n) is 7.03. The van der Waals surface area contributed by atoms with E-state index in [-0.39, 0.29) is 0 Å². The summed E-state index contributed by atoms with van der Waals surface area (Å²) < 4.78 is 5.90. The maximum absolute atomic E-state index is 8.25. The fourth-order valence-corrected chi connectivity index (χ4v) is 4.48. The first-order valence-corrected chi connectivity index (χ1v) is 11.8. The van der Waals surface area contributed by atoms with Crippen molar-refractivity contribution in [2.45, 2.75) is 16.4 Å². The molecule has 1 aliphatic heterocycles. The van der Waals surface area contributed by atoms with E-state index in [4.69, 9.17) is 43.3 Å². The minimum atomic E-state index is -1.75. The maximum atomic E-state index is 8.25. The number of amidine groups is 1. The van der Waals surface area contributed by atoms with Gasteiger partial charge in [0.05, 0.1) is 35.1 Å². The van der Waals surface area contributed by atoms with Crippen LogP contribution in [-0.4, -0.2) is 24.1 Å². The molecule has 0 saturated carbocycles. The summed E-state index contributed by atoms with van der Waals surface area (Å²) in [6, 6.07) is 24.4. The predicted octanol–water partition coefficient (Wildman–Crippen LogP) is 5.24. The summed E-state index contributed by atoms with van der Waals surface area (Å²) in [5.41, 5.74) is 2.06. The highest BCUT2D eigenvalue weighted by atomic mass is 35.5. The summed E-state index contributed by atoms with van der Waals surface area (Å²) in [5, 5.41) is 16.0. The molecule has 0 fully saturated rings. The zero-order valence-corrected chi connectivity index (χ0v) is 20.2. The first-order valence-electron chi connectivity index (χ1n) is 10.2. The van der Waals surface area contributed by atoms with Crippen LogP contribution < -0.4 is 4.90 Å². The van der Waals surface area contributed by atoms with Crippen molar-refractivity contribution >= 4 is 40.8 Å². The van der Waals surface area contributed by atoms with Crippen molar-refractivity contribution in [1.82, 2.24) is 0 Å². The molecule has 0 bridgehead atoms. The van der Waals surface area contributed by atoms with E-state index in [1.165, 1.54) is 9.79 Å². The smallest absolute Gasteiger partial charge is 0.239 e. The van der Waals surface area contributed by atoms with Gasteiger partial charge in [-0.3, -0.25) is 4.90 Å². The number of aliphatic imine (C=N–C) groups is 1. The van der Waals surface area contributed by atoms with Crippen LogP contribution >= 0.6 is 35.0 Å². The Morgan fingerprint density at radius 2 is 1.65 bits per heavy atom. The number of rotatable bonds is 8. The number of nitrogens with zero attached hydrogens (tertiary/aromatic N) is 2. The van der Waals surface area contributed by atoms with Gasteiger partial charge in [0, 0.05) is 14.8 Å². The van der Waals surface area contributed by atoms with Crippen molar-refractivity contribution in [1.29, 1.82) is 0 Å². The highest BCUT2D eigenvalue weighted by Crippen LogP contribution is 2.27. The van der Waals surface area contributed by atoms with E-state index in [1.54, 1.807) is 24.0 Å². The summed E-state index contributed by atoms with van der Waals surface area (Å²) in [7, 11) is 0. The van der Waals surface area contributed by atoms with Gasteiger partial charge in [0.25, 0.3) is 0 Å². The Bertz CT molecular complexity index is 1150. The number of hydrogen-bond acceptors (Lipinski definition) is 6. The number of quaternary nitrogens is 1. The molecule has 0 radical (unpaired) electrons. The van der Waals surface area contributed by atoms with Crippen molar-refractivity contribution < 1.29 is 14.7 Å². The van der Waals surface area contributed by atoms with Crippen LogP contribution in [0.2, 0.25) is 10.0 Å². The predicted molar refractivity (Wildman–Crippen MR) is 135 cm³/mol. The summed E-state index contributed by atoms with van der Waals surface area (Å²) in [4.78, 5) is 16.3. The Morgan fingerprint density at radius 1 is 0.971 bits per heavy atom. The van der Waals surface area contributed by atoms with Gasteiger partial charge in [-0.2, -0.15) is 4.99 Å². The number of halogens is 2. The van der Waals surface area contributed by atoms with E-state index < -0.39 is 5.09 Å². The van der Waals surface area contributed by atoms with Crippen molar-refractivity contribution in [2.24, 2.45) is 4.99 Å². The summed E-state index contributed by atoms with van der Waals surface area (Å²) in [6.45, 7) is 1.97. The van der Waals surface area contributed by atoms with E-state index in [0.717, 1.165) is 28.4 Å². The van der Waals surface area contributed by atoms with Crippen LogP contribution in [0.4, 0.5) is 0 Å². The summed E-state index contributed by atoms with van der Waals surface area (Å²) in [5.74, 6) is 0.891. The van der Waals surface area contributed by atoms with E-state index >= 15 is 0 Å². The lowest BCUT2D eigenvalue weighted by atomic mass is 10.2. The highest BCUT2D eigenvalue weighted by Gasteiger charge is 2.23. The summed E-state index contributed by atoms with van der Waals surface area (Å²) >= 11 is 14.1. The van der Waals surface area contributed by atoms with Gasteiger partial charge >= 0.3 is 0 Å². The molecule has 4 rings (SSSR count). The zero-order valence-electron chi connectivity index (χ0n) is 17.9. The van der Waals surface area contributed by atoms with Crippen LogP contribution in [0, 0.1) is 15.3 Å². The molecule has 0 amide bonds. The average molecular weight is 518 g/mol. The fraction of sp³-hybridized carbons (Fsp3) is 0.125. The van der Waals surface area contributed by atoms with Gasteiger partial charge in [0.1, 0.15) is 12.7 Å². The molecule has 1 N–H and O–H groups in total. The molecule has 1 heterocycles. The molecule has 0 aromatic heterocycles. The molecule has 34 heavy (non-hydrogen) atoms. The Labute approximate surface area is 211 Å². The van der Waals surface area contributed by atoms with Crippen molar-refractivity contribution in [3.05, 3.63) is 122 Å². The third-order valence-electron chi connectivity index (χ3n) is 4.66. The molecule has 1 unspecified atom stereocenters. The van der Waals surface area contributed by atoms with Gasteiger partial charge in [-0.1, -0.05) is 65.3 Å². The fourth-order valence-electron chi connectivity index (χ4n) is 3.14. The Hall–Kier alpha value is -2.88. The molecule has 3 aromatic rings. The third-order valence-corrected chi connectivity index (χ3v) is 6.22. The minimum absolute atomic E-state index is 0.585. The molecule has 0 saturated heterocycles. The minimum Gasteiger partial charge on any atom is -0.371 e. The van der Waals surface area contributed by atoms with Crippen molar-refractivity contribution in [3.8, 4) is 0 Å². The van der Waals surface area contributed by atoms with Crippen LogP contribution in [0.3, 0.4) is 0 Å². The molecule has 1 aliphatic rings. The summed E-state index contributed by atoms with van der Waals surface area (Å²) in [6.07, 6.45) is 3.82.